The van der Waals surface area contributed by atoms with E-state index in [2.05, 4.69) is 20.1 Å². The number of hydrogen-bond acceptors (Lipinski definition) is 7. The van der Waals surface area contributed by atoms with Crippen molar-refractivity contribution in [3.05, 3.63) is 70.9 Å². The molecule has 0 bridgehead atoms. The summed E-state index contributed by atoms with van der Waals surface area (Å²) >= 11 is 0. The van der Waals surface area contributed by atoms with Crippen LogP contribution >= 0.6 is 0 Å². The molecular formula is C23H21F3N6O4. The lowest BCUT2D eigenvalue weighted by molar-refractivity contribution is -0.192. The molecule has 0 spiro atoms. The second-order valence-corrected chi connectivity index (χ2v) is 7.95. The molecule has 4 aromatic rings. The highest BCUT2D eigenvalue weighted by Crippen LogP contribution is 2.25. The summed E-state index contributed by atoms with van der Waals surface area (Å²) in [5.74, 6) is -2.15. The van der Waals surface area contributed by atoms with Gasteiger partial charge in [0.25, 0.3) is 5.56 Å². The number of aliphatic carboxylic acids is 1. The van der Waals surface area contributed by atoms with Crippen LogP contribution in [0.3, 0.4) is 0 Å². The number of halogens is 3. The Morgan fingerprint density at radius 3 is 2.47 bits per heavy atom. The molecule has 1 fully saturated rings. The number of nitrogens with one attached hydrogen (secondary N) is 1. The van der Waals surface area contributed by atoms with Gasteiger partial charge in [-0.3, -0.25) is 4.79 Å². The normalized spacial score (nSPS) is 14.3. The van der Waals surface area contributed by atoms with Crippen LogP contribution in [0.25, 0.3) is 22.2 Å². The summed E-state index contributed by atoms with van der Waals surface area (Å²) in [7, 11) is 0. The quantitative estimate of drug-likeness (QED) is 0.434. The number of carboxylic acids is 1. The molecule has 1 aliphatic rings. The van der Waals surface area contributed by atoms with Crippen molar-refractivity contribution in [2.75, 3.05) is 13.2 Å². The van der Waals surface area contributed by atoms with Gasteiger partial charge < -0.3 is 14.8 Å². The van der Waals surface area contributed by atoms with Crippen molar-refractivity contribution in [2.24, 2.45) is 0 Å². The van der Waals surface area contributed by atoms with Crippen LogP contribution in [0.4, 0.5) is 13.2 Å². The van der Waals surface area contributed by atoms with E-state index in [-0.39, 0.29) is 11.6 Å². The summed E-state index contributed by atoms with van der Waals surface area (Å²) in [5.41, 5.74) is 3.47. The highest BCUT2D eigenvalue weighted by Gasteiger charge is 2.38. The summed E-state index contributed by atoms with van der Waals surface area (Å²) in [4.78, 5) is 37.5. The Hall–Kier alpha value is -4.13. The molecule has 4 heterocycles. The zero-order valence-electron chi connectivity index (χ0n) is 18.8. The van der Waals surface area contributed by atoms with Crippen LogP contribution in [0.1, 0.15) is 30.3 Å². The first-order valence-corrected chi connectivity index (χ1v) is 10.9. The van der Waals surface area contributed by atoms with E-state index in [1.54, 1.807) is 18.6 Å². The van der Waals surface area contributed by atoms with E-state index in [1.807, 2.05) is 28.9 Å². The number of rotatable bonds is 4. The molecule has 10 nitrogen and oxygen atoms in total. The van der Waals surface area contributed by atoms with Gasteiger partial charge in [-0.05, 0) is 24.0 Å². The Morgan fingerprint density at radius 1 is 1.14 bits per heavy atom. The molecule has 2 N–H and O–H groups in total. The van der Waals surface area contributed by atoms with Gasteiger partial charge >= 0.3 is 12.1 Å². The molecule has 0 radical (unpaired) electrons. The second-order valence-electron chi connectivity index (χ2n) is 7.95. The van der Waals surface area contributed by atoms with Crippen LogP contribution in [-0.4, -0.2) is 60.2 Å². The fraction of sp³-hybridized carbons (Fsp3) is 0.304. The van der Waals surface area contributed by atoms with E-state index in [4.69, 9.17) is 19.6 Å². The van der Waals surface area contributed by atoms with Crippen LogP contribution in [-0.2, 0) is 16.0 Å². The molecule has 1 saturated heterocycles. The van der Waals surface area contributed by atoms with E-state index in [0.29, 0.717) is 36.5 Å². The molecule has 0 amide bonds. The van der Waals surface area contributed by atoms with Gasteiger partial charge in [0.05, 0.1) is 12.2 Å². The molecular weight excluding hydrogens is 481 g/mol. The third-order valence-electron chi connectivity index (χ3n) is 5.54. The lowest BCUT2D eigenvalue weighted by Gasteiger charge is -2.22. The molecule has 0 saturated carbocycles. The van der Waals surface area contributed by atoms with Crippen molar-refractivity contribution >= 4 is 17.0 Å². The molecule has 1 aliphatic heterocycles. The van der Waals surface area contributed by atoms with Crippen molar-refractivity contribution in [1.82, 2.24) is 29.7 Å². The van der Waals surface area contributed by atoms with Gasteiger partial charge in [0.2, 0.25) is 0 Å². The smallest absolute Gasteiger partial charge is 0.475 e. The largest absolute Gasteiger partial charge is 0.490 e. The number of H-pyrrole nitrogens is 1. The first-order chi connectivity index (χ1) is 17.2. The van der Waals surface area contributed by atoms with Crippen LogP contribution in [0.2, 0.25) is 0 Å². The first-order valence-electron chi connectivity index (χ1n) is 10.9. The SMILES string of the molecule is O=C(O)C(F)(F)F.O=c1[nH]c(Cc2ccccc2-c2cncnc2)nc2c1cnn2C1CCOCC1. The van der Waals surface area contributed by atoms with Crippen molar-refractivity contribution < 1.29 is 27.8 Å². The van der Waals surface area contributed by atoms with Crippen LogP contribution in [0.15, 0.2) is 54.0 Å². The zero-order valence-corrected chi connectivity index (χ0v) is 18.8. The van der Waals surface area contributed by atoms with Crippen LogP contribution in [0, 0.1) is 0 Å². The zero-order chi connectivity index (χ0) is 25.7. The number of nitrogens with zero attached hydrogens (tertiary/aromatic N) is 5. The Kier molecular flexibility index (Phi) is 7.38. The summed E-state index contributed by atoms with van der Waals surface area (Å²) in [5, 5.41) is 12.1. The number of aromatic nitrogens is 6. The minimum atomic E-state index is -5.08. The van der Waals surface area contributed by atoms with Gasteiger partial charge in [-0.1, -0.05) is 24.3 Å². The number of fused-ring (bicyclic) bond motifs is 1. The van der Waals surface area contributed by atoms with Gasteiger partial charge in [0.15, 0.2) is 5.65 Å². The Labute approximate surface area is 201 Å². The number of alkyl halides is 3. The van der Waals surface area contributed by atoms with Gasteiger partial charge in [-0.25, -0.2) is 24.4 Å². The van der Waals surface area contributed by atoms with E-state index in [1.165, 1.54) is 6.33 Å². The number of carboxylic acid groups (broad SMARTS) is 1. The number of aromatic amines is 1. The maximum Gasteiger partial charge on any atom is 0.490 e. The highest BCUT2D eigenvalue weighted by molar-refractivity contribution is 5.74. The van der Waals surface area contributed by atoms with Gasteiger partial charge in [0, 0.05) is 37.6 Å². The molecule has 0 aliphatic carbocycles. The summed E-state index contributed by atoms with van der Waals surface area (Å²) in [6, 6.07) is 8.22. The van der Waals surface area contributed by atoms with Crippen molar-refractivity contribution in [3.8, 4) is 11.1 Å². The van der Waals surface area contributed by atoms with Gasteiger partial charge in [-0.15, -0.1) is 0 Å². The number of ether oxygens (including phenoxy) is 1. The topological polar surface area (TPSA) is 136 Å². The molecule has 1 aromatic carbocycles. The predicted octanol–water partition coefficient (Wildman–Crippen LogP) is 3.15. The molecule has 0 unspecified atom stereocenters. The number of carbonyl (C=O) groups is 1. The van der Waals surface area contributed by atoms with E-state index < -0.39 is 12.1 Å². The van der Waals surface area contributed by atoms with E-state index in [9.17, 15) is 18.0 Å². The number of benzene rings is 1. The molecule has 36 heavy (non-hydrogen) atoms. The molecule has 0 atom stereocenters. The fourth-order valence-electron chi connectivity index (χ4n) is 3.84. The van der Waals surface area contributed by atoms with Crippen molar-refractivity contribution in [1.29, 1.82) is 0 Å². The minimum Gasteiger partial charge on any atom is -0.475 e. The van der Waals surface area contributed by atoms with Crippen molar-refractivity contribution in [3.63, 3.8) is 0 Å². The second kappa shape index (κ2) is 10.6. The highest BCUT2D eigenvalue weighted by atomic mass is 19.4. The van der Waals surface area contributed by atoms with Crippen LogP contribution < -0.4 is 5.56 Å². The minimum absolute atomic E-state index is 0.163. The molecule has 188 valence electrons. The van der Waals surface area contributed by atoms with Gasteiger partial charge in [0.1, 0.15) is 17.5 Å². The predicted molar refractivity (Wildman–Crippen MR) is 121 cm³/mol. The Bertz CT molecular complexity index is 1400. The van der Waals surface area contributed by atoms with Crippen LogP contribution in [0.5, 0.6) is 0 Å². The molecule has 5 rings (SSSR count). The van der Waals surface area contributed by atoms with E-state index in [0.717, 1.165) is 29.5 Å². The maximum atomic E-state index is 12.6. The first kappa shape index (κ1) is 25.0. The molecule has 13 heteroatoms. The Morgan fingerprint density at radius 2 is 1.81 bits per heavy atom. The summed E-state index contributed by atoms with van der Waals surface area (Å²) in [6.07, 6.45) is 3.84. The third kappa shape index (κ3) is 5.74. The average molecular weight is 502 g/mol. The monoisotopic (exact) mass is 502 g/mol. The third-order valence-corrected chi connectivity index (χ3v) is 5.54. The standard InChI is InChI=1S/C21H20N6O2.C2HF3O2/c28-21-18-12-24-27(16-5-7-29-8-6-16)20(18)25-19(26-21)9-14-3-1-2-4-17(14)15-10-22-13-23-11-15;3-2(4,5)1(6)7/h1-4,10-13,16H,5-9H2,(H,25,26,28);(H,6,7). The summed E-state index contributed by atoms with van der Waals surface area (Å²) < 4.78 is 39.1. The Balaban J connectivity index is 0.000000384. The summed E-state index contributed by atoms with van der Waals surface area (Å²) in [6.45, 7) is 1.41. The lowest BCUT2D eigenvalue weighted by Crippen LogP contribution is -2.21. The fourth-order valence-corrected chi connectivity index (χ4v) is 3.84. The van der Waals surface area contributed by atoms with E-state index >= 15 is 0 Å². The van der Waals surface area contributed by atoms with Gasteiger partial charge in [-0.2, -0.15) is 18.3 Å². The lowest BCUT2D eigenvalue weighted by atomic mass is 9.99. The van der Waals surface area contributed by atoms with Crippen molar-refractivity contribution in [2.45, 2.75) is 31.5 Å². The average Bonchev–Trinajstić information content (AvgIpc) is 3.30. The molecule has 3 aromatic heterocycles. The maximum absolute atomic E-state index is 12.6. The number of hydrogen-bond donors (Lipinski definition) is 2.